The van der Waals surface area contributed by atoms with E-state index in [0.29, 0.717) is 29.6 Å². The Labute approximate surface area is 147 Å². The topological polar surface area (TPSA) is 92.5 Å². The van der Waals surface area contributed by atoms with Gasteiger partial charge >= 0.3 is 0 Å². The monoisotopic (exact) mass is 371 g/mol. The van der Waals surface area contributed by atoms with Crippen molar-refractivity contribution in [3.63, 3.8) is 0 Å². The summed E-state index contributed by atoms with van der Waals surface area (Å²) < 4.78 is 27.2. The van der Waals surface area contributed by atoms with Gasteiger partial charge in [-0.1, -0.05) is 0 Å². The Bertz CT molecular complexity index is 697. The van der Waals surface area contributed by atoms with E-state index in [1.807, 2.05) is 13.0 Å². The first-order valence-corrected chi connectivity index (χ1v) is 10.7. The van der Waals surface area contributed by atoms with Crippen molar-refractivity contribution in [1.82, 2.24) is 9.62 Å². The van der Waals surface area contributed by atoms with Crippen LogP contribution >= 0.6 is 11.3 Å². The number of hydrogen-bond acceptors (Lipinski definition) is 5. The van der Waals surface area contributed by atoms with E-state index in [1.165, 1.54) is 15.6 Å². The van der Waals surface area contributed by atoms with E-state index in [0.717, 1.165) is 24.1 Å². The van der Waals surface area contributed by atoms with Crippen LogP contribution in [0.3, 0.4) is 0 Å². The van der Waals surface area contributed by atoms with Gasteiger partial charge in [-0.15, -0.1) is 11.3 Å². The molecule has 2 fully saturated rings. The number of nitrogens with two attached hydrogens (primary N) is 1. The second-order valence-electron chi connectivity index (χ2n) is 6.81. The van der Waals surface area contributed by atoms with Gasteiger partial charge in [0, 0.05) is 30.6 Å². The largest absolute Gasteiger partial charge is 0.354 e. The average Bonchev–Trinajstić information content (AvgIpc) is 3.33. The van der Waals surface area contributed by atoms with Gasteiger partial charge in [-0.05, 0) is 50.7 Å². The van der Waals surface area contributed by atoms with Gasteiger partial charge in [0.1, 0.15) is 4.21 Å². The van der Waals surface area contributed by atoms with Crippen molar-refractivity contribution in [2.45, 2.75) is 42.9 Å². The molecule has 2 heterocycles. The third-order valence-electron chi connectivity index (χ3n) is 4.80. The summed E-state index contributed by atoms with van der Waals surface area (Å²) in [7, 11) is -3.50. The molecule has 0 aromatic carbocycles. The highest BCUT2D eigenvalue weighted by Crippen LogP contribution is 2.31. The maximum atomic E-state index is 12.7. The second kappa shape index (κ2) is 7.11. The van der Waals surface area contributed by atoms with Crippen LogP contribution in [0.5, 0.6) is 0 Å². The van der Waals surface area contributed by atoms with E-state index < -0.39 is 10.0 Å². The molecule has 8 heteroatoms. The zero-order valence-electron chi connectivity index (χ0n) is 13.9. The fourth-order valence-corrected chi connectivity index (χ4v) is 6.07. The Kier molecular flexibility index (Phi) is 5.29. The molecule has 1 aromatic heterocycles. The maximum absolute atomic E-state index is 12.7. The van der Waals surface area contributed by atoms with Crippen LogP contribution in [0, 0.1) is 18.8 Å². The number of piperidine rings is 1. The fourth-order valence-electron chi connectivity index (χ4n) is 3.11. The lowest BCUT2D eigenvalue weighted by Crippen LogP contribution is -2.47. The summed E-state index contributed by atoms with van der Waals surface area (Å²) in [6.45, 7) is 3.10. The molecule has 0 spiro atoms. The molecule has 3 rings (SSSR count). The van der Waals surface area contributed by atoms with Crippen molar-refractivity contribution in [2.24, 2.45) is 17.6 Å². The SMILES string of the molecule is Cc1ccc(S(=O)(=O)N2CCCC(C(=O)NCC(N)C3CC3)C2)s1. The number of carbonyl (C=O) groups is 1. The number of rotatable bonds is 6. The molecule has 0 radical (unpaired) electrons. The van der Waals surface area contributed by atoms with Crippen LogP contribution in [0.1, 0.15) is 30.6 Å². The lowest BCUT2D eigenvalue weighted by atomic mass is 9.98. The zero-order chi connectivity index (χ0) is 17.3. The van der Waals surface area contributed by atoms with E-state index in [1.54, 1.807) is 6.07 Å². The molecule has 1 saturated heterocycles. The summed E-state index contributed by atoms with van der Waals surface area (Å²) in [6.07, 6.45) is 3.72. The quantitative estimate of drug-likeness (QED) is 0.789. The standard InChI is InChI=1S/C16H25N3O3S2/c1-11-4-7-15(23-11)24(21,22)19-8-2-3-13(10-19)16(20)18-9-14(17)12-5-6-12/h4,7,12-14H,2-3,5-6,8-10,17H2,1H3,(H,18,20). The normalized spacial score (nSPS) is 23.8. The highest BCUT2D eigenvalue weighted by Gasteiger charge is 2.34. The van der Waals surface area contributed by atoms with Crippen molar-refractivity contribution in [3.8, 4) is 0 Å². The van der Waals surface area contributed by atoms with Crippen molar-refractivity contribution in [1.29, 1.82) is 0 Å². The number of sulfonamides is 1. The summed E-state index contributed by atoms with van der Waals surface area (Å²) >= 11 is 1.28. The molecule has 134 valence electrons. The molecular weight excluding hydrogens is 346 g/mol. The molecular formula is C16H25N3O3S2. The smallest absolute Gasteiger partial charge is 0.252 e. The highest BCUT2D eigenvalue weighted by atomic mass is 32.2. The molecule has 1 saturated carbocycles. The van der Waals surface area contributed by atoms with Gasteiger partial charge in [-0.25, -0.2) is 8.42 Å². The zero-order valence-corrected chi connectivity index (χ0v) is 15.5. The van der Waals surface area contributed by atoms with E-state index in [-0.39, 0.29) is 24.4 Å². The van der Waals surface area contributed by atoms with Crippen LogP contribution in [0.25, 0.3) is 0 Å². The third-order valence-corrected chi connectivity index (χ3v) is 8.14. The summed E-state index contributed by atoms with van der Waals surface area (Å²) in [4.78, 5) is 13.3. The van der Waals surface area contributed by atoms with Crippen LogP contribution in [0.4, 0.5) is 0 Å². The fraction of sp³-hybridized carbons (Fsp3) is 0.688. The number of nitrogens with zero attached hydrogens (tertiary/aromatic N) is 1. The van der Waals surface area contributed by atoms with Gasteiger partial charge in [-0.2, -0.15) is 4.31 Å². The number of thiophene rings is 1. The number of hydrogen-bond donors (Lipinski definition) is 2. The van der Waals surface area contributed by atoms with Gasteiger partial charge < -0.3 is 11.1 Å². The maximum Gasteiger partial charge on any atom is 0.252 e. The van der Waals surface area contributed by atoms with Crippen LogP contribution in [0.15, 0.2) is 16.3 Å². The Morgan fingerprint density at radius 3 is 2.79 bits per heavy atom. The molecule has 2 atom stereocenters. The first-order chi connectivity index (χ1) is 11.4. The van der Waals surface area contributed by atoms with E-state index in [2.05, 4.69) is 5.32 Å². The first kappa shape index (κ1) is 17.8. The van der Waals surface area contributed by atoms with E-state index in [4.69, 9.17) is 5.73 Å². The molecule has 3 N–H and O–H groups in total. The molecule has 1 aromatic rings. The average molecular weight is 372 g/mol. The van der Waals surface area contributed by atoms with Crippen molar-refractivity contribution >= 4 is 27.3 Å². The second-order valence-corrected chi connectivity index (χ2v) is 10.3. The molecule has 1 amide bonds. The van der Waals surface area contributed by atoms with E-state index >= 15 is 0 Å². The van der Waals surface area contributed by atoms with Crippen LogP contribution in [0.2, 0.25) is 0 Å². The van der Waals surface area contributed by atoms with Crippen LogP contribution in [-0.2, 0) is 14.8 Å². The van der Waals surface area contributed by atoms with Gasteiger partial charge in [0.2, 0.25) is 5.91 Å². The lowest BCUT2D eigenvalue weighted by Gasteiger charge is -2.31. The predicted octanol–water partition coefficient (Wildman–Crippen LogP) is 1.31. The summed E-state index contributed by atoms with van der Waals surface area (Å²) in [5.41, 5.74) is 6.01. The van der Waals surface area contributed by atoms with Crippen LogP contribution in [-0.4, -0.2) is 44.3 Å². The number of amides is 1. The third kappa shape index (κ3) is 3.99. The minimum atomic E-state index is -3.50. The number of carbonyl (C=O) groups excluding carboxylic acids is 1. The molecule has 6 nitrogen and oxygen atoms in total. The summed E-state index contributed by atoms with van der Waals surface area (Å²) in [5.74, 6) is 0.171. The molecule has 0 bridgehead atoms. The van der Waals surface area contributed by atoms with Crippen molar-refractivity contribution < 1.29 is 13.2 Å². The minimum absolute atomic E-state index is 0.0199. The Morgan fingerprint density at radius 2 is 2.17 bits per heavy atom. The Morgan fingerprint density at radius 1 is 1.42 bits per heavy atom. The number of aryl methyl sites for hydroxylation is 1. The van der Waals surface area contributed by atoms with Crippen molar-refractivity contribution in [3.05, 3.63) is 17.0 Å². The molecule has 2 unspecified atom stereocenters. The summed E-state index contributed by atoms with van der Waals surface area (Å²) in [6, 6.07) is 3.48. The van der Waals surface area contributed by atoms with Crippen LogP contribution < -0.4 is 11.1 Å². The Balaban J connectivity index is 1.60. The summed E-state index contributed by atoms with van der Waals surface area (Å²) in [5, 5.41) is 2.91. The number of nitrogens with one attached hydrogen (secondary N) is 1. The molecule has 2 aliphatic rings. The predicted molar refractivity (Wildman–Crippen MR) is 94.2 cm³/mol. The van der Waals surface area contributed by atoms with Crippen molar-refractivity contribution in [2.75, 3.05) is 19.6 Å². The van der Waals surface area contributed by atoms with Gasteiger partial charge in [-0.3, -0.25) is 4.79 Å². The molecule has 1 aliphatic carbocycles. The molecule has 1 aliphatic heterocycles. The Hall–Kier alpha value is -0.960. The van der Waals surface area contributed by atoms with Gasteiger partial charge in [0.25, 0.3) is 10.0 Å². The molecule has 24 heavy (non-hydrogen) atoms. The van der Waals surface area contributed by atoms with Gasteiger partial charge in [0.15, 0.2) is 0 Å². The van der Waals surface area contributed by atoms with Gasteiger partial charge in [0.05, 0.1) is 5.92 Å². The highest BCUT2D eigenvalue weighted by molar-refractivity contribution is 7.91. The van der Waals surface area contributed by atoms with E-state index in [9.17, 15) is 13.2 Å². The lowest BCUT2D eigenvalue weighted by molar-refractivity contribution is -0.126. The first-order valence-electron chi connectivity index (χ1n) is 8.48. The minimum Gasteiger partial charge on any atom is -0.354 e.